The number of ether oxygens (including phenoxy) is 1. The third-order valence-electron chi connectivity index (χ3n) is 5.82. The van der Waals surface area contributed by atoms with Gasteiger partial charge in [0, 0.05) is 0 Å². The number of rotatable bonds is 17. The van der Waals surface area contributed by atoms with E-state index in [2.05, 4.69) is 20.8 Å². The number of unbranched alkanes of at least 4 members (excludes halogenated alkanes) is 11. The van der Waals surface area contributed by atoms with Crippen molar-refractivity contribution in [3.63, 3.8) is 0 Å². The van der Waals surface area contributed by atoms with Crippen LogP contribution in [0.15, 0.2) is 0 Å². The molecule has 1 unspecified atom stereocenters. The van der Waals surface area contributed by atoms with Crippen LogP contribution in [0.5, 0.6) is 0 Å². The van der Waals surface area contributed by atoms with Crippen LogP contribution in [-0.4, -0.2) is 43.4 Å². The first kappa shape index (κ1) is 24.2. The largest absolute Gasteiger partial charge is 1.00 e. The Labute approximate surface area is 158 Å². The lowest BCUT2D eigenvalue weighted by molar-refractivity contribution is -0.925. The average Bonchev–Trinajstić information content (AvgIpc) is 3.38. The number of halogens is 1. The van der Waals surface area contributed by atoms with Gasteiger partial charge in [0.15, 0.2) is 0 Å². The second kappa shape index (κ2) is 15.5. The quantitative estimate of drug-likeness (QED) is 0.220. The zero-order valence-electron chi connectivity index (χ0n) is 16.8. The van der Waals surface area contributed by atoms with E-state index in [-0.39, 0.29) is 12.4 Å². The Bertz CT molecular complexity index is 265. The maximum atomic E-state index is 5.47. The van der Waals surface area contributed by atoms with E-state index >= 15 is 0 Å². The maximum absolute atomic E-state index is 5.47. The predicted octanol–water partition coefficient (Wildman–Crippen LogP) is 2.95. The first-order valence-electron chi connectivity index (χ1n) is 10.7. The van der Waals surface area contributed by atoms with E-state index in [1.54, 1.807) is 0 Å². The van der Waals surface area contributed by atoms with Crippen LogP contribution in [0.2, 0.25) is 0 Å². The molecule has 0 saturated carbocycles. The fourth-order valence-electron chi connectivity index (χ4n) is 3.78. The van der Waals surface area contributed by atoms with Gasteiger partial charge in [-0.05, 0) is 26.7 Å². The summed E-state index contributed by atoms with van der Waals surface area (Å²) in [6, 6.07) is 0. The van der Waals surface area contributed by atoms with Crippen LogP contribution in [0.3, 0.4) is 0 Å². The van der Waals surface area contributed by atoms with Gasteiger partial charge in [0.25, 0.3) is 0 Å². The van der Waals surface area contributed by atoms with Crippen molar-refractivity contribution in [2.24, 2.45) is 0 Å². The molecule has 0 aliphatic carbocycles. The molecule has 1 aliphatic heterocycles. The van der Waals surface area contributed by atoms with Crippen LogP contribution in [0.25, 0.3) is 0 Å². The summed E-state index contributed by atoms with van der Waals surface area (Å²) in [6.07, 6.45) is 17.9. The summed E-state index contributed by atoms with van der Waals surface area (Å²) in [7, 11) is 0. The van der Waals surface area contributed by atoms with Gasteiger partial charge >= 0.3 is 0 Å². The fraction of sp³-hybridized carbons (Fsp3) is 1.00. The molecule has 0 aromatic carbocycles. The second-order valence-electron chi connectivity index (χ2n) is 7.72. The highest BCUT2D eigenvalue weighted by molar-refractivity contribution is 4.68. The third-order valence-corrected chi connectivity index (χ3v) is 5.82. The van der Waals surface area contributed by atoms with Gasteiger partial charge < -0.3 is 21.6 Å². The molecule has 146 valence electrons. The monoisotopic (exact) mass is 361 g/mol. The lowest BCUT2D eigenvalue weighted by atomic mass is 10.0. The van der Waals surface area contributed by atoms with Gasteiger partial charge in [0.1, 0.15) is 12.6 Å². The van der Waals surface area contributed by atoms with Crippen molar-refractivity contribution in [3.05, 3.63) is 0 Å². The number of quaternary nitrogens is 1. The number of epoxide rings is 1. The van der Waals surface area contributed by atoms with Crippen molar-refractivity contribution in [2.75, 3.05) is 32.8 Å². The summed E-state index contributed by atoms with van der Waals surface area (Å²) in [5, 5.41) is 0. The van der Waals surface area contributed by atoms with Gasteiger partial charge in [0.2, 0.25) is 0 Å². The standard InChI is InChI=1S/C21H44NO.ClH/c1-4-7-8-9-10-11-12-13-14-15-16-17-18-22(5-2,6-3)19-21-20-23-21;/h21H,4-20H2,1-3H3;1H/q+1;/p-1. The molecule has 0 N–H and O–H groups in total. The van der Waals surface area contributed by atoms with Crippen molar-refractivity contribution >= 4 is 0 Å². The summed E-state index contributed by atoms with van der Waals surface area (Å²) in [5.74, 6) is 0. The van der Waals surface area contributed by atoms with E-state index < -0.39 is 0 Å². The molecular formula is C21H44ClNO. The molecule has 2 nitrogen and oxygen atoms in total. The predicted molar refractivity (Wildman–Crippen MR) is 102 cm³/mol. The van der Waals surface area contributed by atoms with Gasteiger partial charge in [-0.25, -0.2) is 0 Å². The Morgan fingerprint density at radius 2 is 1.12 bits per heavy atom. The van der Waals surface area contributed by atoms with Gasteiger partial charge in [0.05, 0.1) is 26.2 Å². The van der Waals surface area contributed by atoms with Crippen LogP contribution in [-0.2, 0) is 4.74 Å². The first-order chi connectivity index (χ1) is 11.3. The zero-order valence-corrected chi connectivity index (χ0v) is 17.6. The van der Waals surface area contributed by atoms with Crippen LogP contribution >= 0.6 is 0 Å². The van der Waals surface area contributed by atoms with E-state index in [4.69, 9.17) is 4.74 Å². The van der Waals surface area contributed by atoms with Gasteiger partial charge in [-0.2, -0.15) is 0 Å². The molecule has 0 aromatic heterocycles. The van der Waals surface area contributed by atoms with Crippen LogP contribution < -0.4 is 12.4 Å². The lowest BCUT2D eigenvalue weighted by Gasteiger charge is -2.36. The second-order valence-corrected chi connectivity index (χ2v) is 7.72. The molecule has 1 atom stereocenters. The third kappa shape index (κ3) is 11.7. The Kier molecular flexibility index (Phi) is 15.6. The number of hydrogen-bond donors (Lipinski definition) is 0. The number of nitrogens with zero attached hydrogens (tertiary/aromatic N) is 1. The van der Waals surface area contributed by atoms with Crippen LogP contribution in [0, 0.1) is 0 Å². The number of hydrogen-bond acceptors (Lipinski definition) is 1. The maximum Gasteiger partial charge on any atom is 0.130 e. The molecule has 3 heteroatoms. The number of likely N-dealkylation sites (N-methyl/N-ethyl adjacent to an activating group) is 1. The molecule has 0 spiro atoms. The Balaban J connectivity index is 0.00000529. The molecule has 24 heavy (non-hydrogen) atoms. The summed E-state index contributed by atoms with van der Waals surface area (Å²) < 4.78 is 6.75. The van der Waals surface area contributed by atoms with Gasteiger partial charge in [-0.3, -0.25) is 0 Å². The van der Waals surface area contributed by atoms with E-state index in [0.717, 1.165) is 6.61 Å². The highest BCUT2D eigenvalue weighted by atomic mass is 35.5. The molecule has 1 aliphatic rings. The Morgan fingerprint density at radius 1 is 0.708 bits per heavy atom. The Hall–Kier alpha value is 0.210. The molecule has 1 heterocycles. The van der Waals surface area contributed by atoms with E-state index in [0.29, 0.717) is 6.10 Å². The minimum absolute atomic E-state index is 0. The van der Waals surface area contributed by atoms with Crippen molar-refractivity contribution in [2.45, 2.75) is 104 Å². The molecule has 1 fully saturated rings. The molecule has 1 saturated heterocycles. The van der Waals surface area contributed by atoms with Crippen molar-refractivity contribution < 1.29 is 21.6 Å². The molecule has 0 amide bonds. The topological polar surface area (TPSA) is 12.5 Å². The van der Waals surface area contributed by atoms with Gasteiger partial charge in [-0.15, -0.1) is 0 Å². The van der Waals surface area contributed by atoms with Crippen molar-refractivity contribution in [1.82, 2.24) is 0 Å². The van der Waals surface area contributed by atoms with E-state index in [1.165, 1.54) is 108 Å². The molecule has 1 rings (SSSR count). The molecular weight excluding hydrogens is 318 g/mol. The highest BCUT2D eigenvalue weighted by Gasteiger charge is 2.34. The van der Waals surface area contributed by atoms with Crippen molar-refractivity contribution in [1.29, 1.82) is 0 Å². The normalized spacial score (nSPS) is 16.9. The molecule has 0 radical (unpaired) electrons. The minimum Gasteiger partial charge on any atom is -1.00 e. The van der Waals surface area contributed by atoms with Crippen LogP contribution in [0.1, 0.15) is 97.8 Å². The highest BCUT2D eigenvalue weighted by Crippen LogP contribution is 2.19. The first-order valence-corrected chi connectivity index (χ1v) is 10.7. The smallest absolute Gasteiger partial charge is 0.130 e. The molecule has 0 bridgehead atoms. The fourth-order valence-corrected chi connectivity index (χ4v) is 3.78. The van der Waals surface area contributed by atoms with Gasteiger partial charge in [-0.1, -0.05) is 71.1 Å². The summed E-state index contributed by atoms with van der Waals surface area (Å²) in [5.41, 5.74) is 0. The van der Waals surface area contributed by atoms with Crippen LogP contribution in [0.4, 0.5) is 0 Å². The SMILES string of the molecule is CCCCCCCCCCCCCC[N+](CC)(CC)CC1CO1.[Cl-]. The zero-order chi connectivity index (χ0) is 16.8. The van der Waals surface area contributed by atoms with Crippen molar-refractivity contribution in [3.8, 4) is 0 Å². The Morgan fingerprint density at radius 3 is 1.50 bits per heavy atom. The summed E-state index contributed by atoms with van der Waals surface area (Å²) >= 11 is 0. The average molecular weight is 362 g/mol. The summed E-state index contributed by atoms with van der Waals surface area (Å²) in [4.78, 5) is 0. The summed E-state index contributed by atoms with van der Waals surface area (Å²) in [6.45, 7) is 13.2. The molecule has 0 aromatic rings. The van der Waals surface area contributed by atoms with E-state index in [9.17, 15) is 0 Å². The minimum atomic E-state index is 0. The van der Waals surface area contributed by atoms with E-state index in [1.807, 2.05) is 0 Å². The lowest BCUT2D eigenvalue weighted by Crippen LogP contribution is -3.00.